The van der Waals surface area contributed by atoms with E-state index in [1.807, 2.05) is 13.8 Å². The van der Waals surface area contributed by atoms with Gasteiger partial charge in [-0.15, -0.1) is 0 Å². The zero-order chi connectivity index (χ0) is 25.4. The fraction of sp³-hybridized carbons (Fsp3) is 1.00. The molecule has 0 unspecified atom stereocenters. The molecule has 2 aliphatic rings. The highest BCUT2D eigenvalue weighted by Gasteiger charge is 2.57. The summed E-state index contributed by atoms with van der Waals surface area (Å²) in [5.74, 6) is -0.712. The third kappa shape index (κ3) is 9.13. The molecule has 1 N–H and O–H groups in total. The molecule has 2 aliphatic heterocycles. The number of ether oxygens (including phenoxy) is 4. The van der Waals surface area contributed by atoms with E-state index in [9.17, 15) is 5.11 Å². The predicted octanol–water partition coefficient (Wildman–Crippen LogP) is 6.55. The van der Waals surface area contributed by atoms with Crippen LogP contribution in [-0.2, 0) is 23.4 Å². The molecule has 7 heteroatoms. The van der Waals surface area contributed by atoms with Gasteiger partial charge >= 0.3 is 0 Å². The van der Waals surface area contributed by atoms with Gasteiger partial charge in [-0.3, -0.25) is 0 Å². The Balaban J connectivity index is 1.74. The maximum absolute atomic E-state index is 11.0. The maximum Gasteiger partial charge on any atom is 0.192 e. The zero-order valence-corrected chi connectivity index (χ0v) is 24.4. The van der Waals surface area contributed by atoms with Gasteiger partial charge in [0.05, 0.1) is 6.61 Å². The van der Waals surface area contributed by atoms with Crippen molar-refractivity contribution >= 4 is 8.32 Å². The summed E-state index contributed by atoms with van der Waals surface area (Å²) in [5, 5.41) is 11.0. The van der Waals surface area contributed by atoms with E-state index in [-0.39, 0.29) is 23.9 Å². The Labute approximate surface area is 210 Å². The van der Waals surface area contributed by atoms with Gasteiger partial charge in [0, 0.05) is 6.61 Å². The molecule has 0 aromatic carbocycles. The van der Waals surface area contributed by atoms with Crippen LogP contribution < -0.4 is 0 Å². The molecule has 0 aliphatic carbocycles. The first-order chi connectivity index (χ1) is 15.9. The van der Waals surface area contributed by atoms with Crippen LogP contribution in [0.4, 0.5) is 0 Å². The topological polar surface area (TPSA) is 66.4 Å². The van der Waals surface area contributed by atoms with Gasteiger partial charge in [0.1, 0.15) is 24.4 Å². The second-order valence-electron chi connectivity index (χ2n) is 12.2. The molecule has 5 atom stereocenters. The average molecular weight is 503 g/mol. The van der Waals surface area contributed by atoms with Crippen LogP contribution in [0, 0.1) is 0 Å². The minimum absolute atomic E-state index is 0.0848. The lowest BCUT2D eigenvalue weighted by atomic mass is 10.1. The van der Waals surface area contributed by atoms with Crippen LogP contribution >= 0.6 is 0 Å². The van der Waals surface area contributed by atoms with E-state index >= 15 is 0 Å². The van der Waals surface area contributed by atoms with Crippen LogP contribution in [0.1, 0.15) is 106 Å². The van der Waals surface area contributed by atoms with Crippen molar-refractivity contribution in [3.05, 3.63) is 0 Å². The van der Waals surface area contributed by atoms with Crippen molar-refractivity contribution in [1.82, 2.24) is 0 Å². The first-order valence-corrected chi connectivity index (χ1v) is 16.7. The minimum atomic E-state index is -1.97. The van der Waals surface area contributed by atoms with Crippen LogP contribution in [0.3, 0.4) is 0 Å². The van der Waals surface area contributed by atoms with Crippen molar-refractivity contribution in [3.8, 4) is 0 Å². The molecule has 0 saturated carbocycles. The molecule has 0 bridgehead atoms. The van der Waals surface area contributed by atoms with Crippen molar-refractivity contribution in [2.45, 2.75) is 160 Å². The standard InChI is InChI=1S/C27H54O6Si/c1-9-10-11-12-13-14-15-16-17-18-19-29-25-24-23(32-27(5,6)33-24)22(31-25)21(28)20-30-34(7,8)26(2,3)4/h21-25,28H,9-20H2,1-8H3/t21-,22-,23+,24+,25+/m1/s1. The Morgan fingerprint density at radius 3 is 1.97 bits per heavy atom. The maximum atomic E-state index is 11.0. The monoisotopic (exact) mass is 502 g/mol. The van der Waals surface area contributed by atoms with Crippen LogP contribution in [-0.4, -0.2) is 63.1 Å². The predicted molar refractivity (Wildman–Crippen MR) is 139 cm³/mol. The molecule has 0 amide bonds. The molecule has 34 heavy (non-hydrogen) atoms. The highest BCUT2D eigenvalue weighted by molar-refractivity contribution is 6.74. The fourth-order valence-corrected chi connectivity index (χ4v) is 5.45. The van der Waals surface area contributed by atoms with Crippen LogP contribution in [0.15, 0.2) is 0 Å². The third-order valence-corrected chi connectivity index (χ3v) is 12.1. The van der Waals surface area contributed by atoms with Crippen molar-refractivity contribution < 1.29 is 28.5 Å². The summed E-state index contributed by atoms with van der Waals surface area (Å²) in [6.45, 7) is 17.9. The van der Waals surface area contributed by atoms with Gasteiger partial charge in [-0.25, -0.2) is 0 Å². The van der Waals surface area contributed by atoms with Crippen LogP contribution in [0.2, 0.25) is 18.1 Å². The van der Waals surface area contributed by atoms with Gasteiger partial charge in [0.25, 0.3) is 0 Å². The summed E-state index contributed by atoms with van der Waals surface area (Å²) >= 11 is 0. The van der Waals surface area contributed by atoms with Crippen molar-refractivity contribution in [1.29, 1.82) is 0 Å². The molecule has 0 spiro atoms. The van der Waals surface area contributed by atoms with E-state index in [1.165, 1.54) is 57.8 Å². The summed E-state index contributed by atoms with van der Waals surface area (Å²) in [5.41, 5.74) is 0. The molecule has 0 radical (unpaired) electrons. The Hall–Kier alpha value is -0.0231. The largest absolute Gasteiger partial charge is 0.414 e. The molecular formula is C27H54O6Si. The quantitative estimate of drug-likeness (QED) is 0.191. The highest BCUT2D eigenvalue weighted by atomic mass is 28.4. The highest BCUT2D eigenvalue weighted by Crippen LogP contribution is 2.41. The fourth-order valence-electron chi connectivity index (χ4n) is 4.43. The van der Waals surface area contributed by atoms with Crippen LogP contribution in [0.5, 0.6) is 0 Å². The van der Waals surface area contributed by atoms with Gasteiger partial charge < -0.3 is 28.5 Å². The second kappa shape index (κ2) is 13.5. The number of unbranched alkanes of at least 4 members (excludes halogenated alkanes) is 9. The molecule has 202 valence electrons. The summed E-state index contributed by atoms with van der Waals surface area (Å²) in [6.07, 6.45) is 10.4. The number of fused-ring (bicyclic) bond motifs is 1. The zero-order valence-electron chi connectivity index (χ0n) is 23.4. The minimum Gasteiger partial charge on any atom is -0.414 e. The van der Waals surface area contributed by atoms with E-state index in [0.717, 1.165) is 6.42 Å². The molecular weight excluding hydrogens is 448 g/mol. The van der Waals surface area contributed by atoms with Crippen molar-refractivity contribution in [3.63, 3.8) is 0 Å². The first kappa shape index (κ1) is 30.2. The lowest BCUT2D eigenvalue weighted by molar-refractivity contribution is -0.244. The van der Waals surface area contributed by atoms with Crippen LogP contribution in [0.25, 0.3) is 0 Å². The Bertz CT molecular complexity index is 576. The molecule has 2 heterocycles. The molecule has 0 aromatic rings. The van der Waals surface area contributed by atoms with Crippen molar-refractivity contribution in [2.24, 2.45) is 0 Å². The van der Waals surface area contributed by atoms with E-state index in [1.54, 1.807) is 0 Å². The molecule has 2 rings (SSSR count). The van der Waals surface area contributed by atoms with Gasteiger partial charge in [-0.2, -0.15) is 0 Å². The normalized spacial score (nSPS) is 27.8. The average Bonchev–Trinajstić information content (AvgIpc) is 3.22. The van der Waals surface area contributed by atoms with Gasteiger partial charge in [0.15, 0.2) is 20.4 Å². The lowest BCUT2D eigenvalue weighted by Crippen LogP contribution is -2.46. The number of rotatable bonds is 16. The smallest absolute Gasteiger partial charge is 0.192 e. The molecule has 2 fully saturated rings. The van der Waals surface area contributed by atoms with E-state index in [4.69, 9.17) is 23.4 Å². The summed E-state index contributed by atoms with van der Waals surface area (Å²) in [7, 11) is -1.97. The number of hydrogen-bond donors (Lipinski definition) is 1. The Kier molecular flexibility index (Phi) is 12.0. The van der Waals surface area contributed by atoms with Gasteiger partial charge in [0.2, 0.25) is 0 Å². The van der Waals surface area contributed by atoms with E-state index in [2.05, 4.69) is 40.8 Å². The number of hydrogen-bond acceptors (Lipinski definition) is 6. The molecule has 2 saturated heterocycles. The third-order valence-electron chi connectivity index (χ3n) is 7.63. The summed E-state index contributed by atoms with van der Waals surface area (Å²) in [6, 6.07) is 0. The summed E-state index contributed by atoms with van der Waals surface area (Å²) < 4.78 is 30.7. The van der Waals surface area contributed by atoms with E-state index < -0.39 is 32.6 Å². The lowest BCUT2D eigenvalue weighted by Gasteiger charge is -2.37. The SMILES string of the molecule is CCCCCCCCCCCCO[C@H]1O[C@H]([C@H](O)CO[Si](C)(C)C(C)(C)C)[C@@H]2OC(C)(C)O[C@H]12. The number of aliphatic hydroxyl groups excluding tert-OH is 1. The Morgan fingerprint density at radius 1 is 0.882 bits per heavy atom. The first-order valence-electron chi connectivity index (χ1n) is 13.8. The molecule has 6 nitrogen and oxygen atoms in total. The van der Waals surface area contributed by atoms with Crippen molar-refractivity contribution in [2.75, 3.05) is 13.2 Å². The van der Waals surface area contributed by atoms with Gasteiger partial charge in [-0.1, -0.05) is 85.5 Å². The van der Waals surface area contributed by atoms with E-state index in [0.29, 0.717) is 6.61 Å². The Morgan fingerprint density at radius 2 is 1.41 bits per heavy atom. The second-order valence-corrected chi connectivity index (χ2v) is 17.0. The number of aliphatic hydroxyl groups is 1. The van der Waals surface area contributed by atoms with Gasteiger partial charge in [-0.05, 0) is 38.4 Å². The summed E-state index contributed by atoms with van der Waals surface area (Å²) in [4.78, 5) is 0. The molecule has 0 aromatic heterocycles.